The van der Waals surface area contributed by atoms with E-state index in [9.17, 15) is 5.11 Å². The molecule has 18 heavy (non-hydrogen) atoms. The molecule has 2 rings (SSSR count). The molecule has 1 aromatic carbocycles. The summed E-state index contributed by atoms with van der Waals surface area (Å²) in [5.74, 6) is 1.30. The van der Waals surface area contributed by atoms with Gasteiger partial charge >= 0.3 is 0 Å². The monoisotopic (exact) mass is 311 g/mol. The van der Waals surface area contributed by atoms with Crippen molar-refractivity contribution < 1.29 is 14.3 Å². The van der Waals surface area contributed by atoms with Crippen LogP contribution in [0.25, 0.3) is 0 Å². The van der Waals surface area contributed by atoms with Crippen molar-refractivity contribution >= 4 is 21.6 Å². The molecule has 0 saturated carbocycles. The third kappa shape index (κ3) is 3.05. The molecule has 1 heterocycles. The Balaban J connectivity index is 2.01. The fraction of sp³-hybridized carbons (Fsp3) is 0.231. The summed E-state index contributed by atoms with van der Waals surface area (Å²) in [7, 11) is 1.62. The van der Waals surface area contributed by atoms with Gasteiger partial charge < -0.3 is 19.6 Å². The number of hydrogen-bond acceptors (Lipinski definition) is 4. The first-order valence-corrected chi connectivity index (χ1v) is 6.29. The molecule has 0 saturated heterocycles. The maximum Gasteiger partial charge on any atom is 0.134 e. The lowest BCUT2D eigenvalue weighted by atomic mass is 10.2. The highest BCUT2D eigenvalue weighted by atomic mass is 79.9. The first kappa shape index (κ1) is 13.0. The average Bonchev–Trinajstić information content (AvgIpc) is 2.91. The zero-order chi connectivity index (χ0) is 13.0. The molecule has 2 N–H and O–H groups in total. The van der Waals surface area contributed by atoms with E-state index >= 15 is 0 Å². The van der Waals surface area contributed by atoms with Crippen LogP contribution in [0.4, 0.5) is 5.69 Å². The number of benzene rings is 1. The first-order valence-electron chi connectivity index (χ1n) is 5.49. The van der Waals surface area contributed by atoms with Crippen molar-refractivity contribution in [2.75, 3.05) is 19.0 Å². The van der Waals surface area contributed by atoms with E-state index in [1.807, 2.05) is 18.2 Å². The number of rotatable bonds is 5. The van der Waals surface area contributed by atoms with Gasteiger partial charge in [-0.15, -0.1) is 0 Å². The van der Waals surface area contributed by atoms with Gasteiger partial charge in [-0.2, -0.15) is 0 Å². The molecule has 0 amide bonds. The van der Waals surface area contributed by atoms with Crippen LogP contribution in [0.3, 0.4) is 0 Å². The van der Waals surface area contributed by atoms with Crippen LogP contribution in [0.2, 0.25) is 0 Å². The second-order valence-electron chi connectivity index (χ2n) is 3.76. The maximum absolute atomic E-state index is 9.89. The molecule has 1 atom stereocenters. The van der Waals surface area contributed by atoms with Gasteiger partial charge in [-0.25, -0.2) is 0 Å². The maximum atomic E-state index is 9.89. The van der Waals surface area contributed by atoms with Gasteiger partial charge in [0, 0.05) is 17.1 Å². The largest absolute Gasteiger partial charge is 0.497 e. The lowest BCUT2D eigenvalue weighted by Gasteiger charge is -2.13. The highest BCUT2D eigenvalue weighted by Crippen LogP contribution is 2.27. The van der Waals surface area contributed by atoms with E-state index in [1.165, 1.54) is 0 Å². The molecule has 5 heteroatoms. The number of methoxy groups -OCH3 is 1. The van der Waals surface area contributed by atoms with Crippen molar-refractivity contribution in [3.8, 4) is 5.75 Å². The molecule has 1 unspecified atom stereocenters. The summed E-state index contributed by atoms with van der Waals surface area (Å²) in [6.07, 6.45) is 0.859. The Morgan fingerprint density at radius 2 is 2.28 bits per heavy atom. The van der Waals surface area contributed by atoms with Crippen LogP contribution in [-0.2, 0) is 0 Å². The third-order valence-electron chi connectivity index (χ3n) is 2.53. The standard InChI is InChI=1S/C13H14BrNO3/c1-17-9-4-5-10(14)11(7-9)15-8-12(16)13-3-2-6-18-13/h2-7,12,15-16H,8H2,1H3. The Labute approximate surface area is 114 Å². The van der Waals surface area contributed by atoms with Crippen LogP contribution in [0.5, 0.6) is 5.75 Å². The van der Waals surface area contributed by atoms with Crippen LogP contribution >= 0.6 is 15.9 Å². The number of anilines is 1. The highest BCUT2D eigenvalue weighted by molar-refractivity contribution is 9.10. The normalized spacial score (nSPS) is 12.2. The van der Waals surface area contributed by atoms with Crippen molar-refractivity contribution in [3.63, 3.8) is 0 Å². The summed E-state index contributed by atoms with van der Waals surface area (Å²) < 4.78 is 11.2. The van der Waals surface area contributed by atoms with Crippen molar-refractivity contribution in [3.05, 3.63) is 46.8 Å². The van der Waals surface area contributed by atoms with Crippen LogP contribution in [0, 0.1) is 0 Å². The topological polar surface area (TPSA) is 54.6 Å². The molecule has 0 aliphatic rings. The predicted molar refractivity (Wildman–Crippen MR) is 72.9 cm³/mol. The van der Waals surface area contributed by atoms with Gasteiger partial charge in [-0.1, -0.05) is 0 Å². The van der Waals surface area contributed by atoms with E-state index < -0.39 is 6.10 Å². The Bertz CT molecular complexity index is 499. The van der Waals surface area contributed by atoms with E-state index in [4.69, 9.17) is 9.15 Å². The number of halogens is 1. The molecular formula is C13H14BrNO3. The molecule has 0 radical (unpaired) electrons. The Kier molecular flexibility index (Phi) is 4.28. The molecular weight excluding hydrogens is 298 g/mol. The van der Waals surface area contributed by atoms with Crippen LogP contribution in [0.15, 0.2) is 45.5 Å². The van der Waals surface area contributed by atoms with Gasteiger partial charge in [0.15, 0.2) is 0 Å². The van der Waals surface area contributed by atoms with E-state index in [-0.39, 0.29) is 0 Å². The fourth-order valence-electron chi connectivity index (χ4n) is 1.55. The van der Waals surface area contributed by atoms with Crippen LogP contribution in [-0.4, -0.2) is 18.8 Å². The quantitative estimate of drug-likeness (QED) is 0.890. The van der Waals surface area contributed by atoms with Crippen molar-refractivity contribution in [2.24, 2.45) is 0 Å². The van der Waals surface area contributed by atoms with Crippen molar-refractivity contribution in [1.29, 1.82) is 0 Å². The zero-order valence-corrected chi connectivity index (χ0v) is 11.5. The van der Waals surface area contributed by atoms with E-state index in [0.29, 0.717) is 12.3 Å². The molecule has 0 aliphatic carbocycles. The molecule has 96 valence electrons. The molecule has 0 spiro atoms. The average molecular weight is 312 g/mol. The first-order chi connectivity index (χ1) is 8.70. The van der Waals surface area contributed by atoms with Gasteiger partial charge in [0.1, 0.15) is 17.6 Å². The highest BCUT2D eigenvalue weighted by Gasteiger charge is 2.11. The van der Waals surface area contributed by atoms with Crippen LogP contribution < -0.4 is 10.1 Å². The summed E-state index contributed by atoms with van der Waals surface area (Å²) in [6, 6.07) is 9.10. The van der Waals surface area contributed by atoms with Gasteiger partial charge in [-0.05, 0) is 40.2 Å². The summed E-state index contributed by atoms with van der Waals surface area (Å²) in [6.45, 7) is 0.360. The summed E-state index contributed by atoms with van der Waals surface area (Å²) in [4.78, 5) is 0. The van der Waals surface area contributed by atoms with Gasteiger partial charge in [0.05, 0.1) is 19.1 Å². The molecule has 0 bridgehead atoms. The predicted octanol–water partition coefficient (Wildman–Crippen LogP) is 3.20. The smallest absolute Gasteiger partial charge is 0.134 e. The second-order valence-corrected chi connectivity index (χ2v) is 4.61. The third-order valence-corrected chi connectivity index (χ3v) is 3.22. The molecule has 4 nitrogen and oxygen atoms in total. The Hall–Kier alpha value is -1.46. The summed E-state index contributed by atoms with van der Waals surface area (Å²) in [5.41, 5.74) is 0.861. The Morgan fingerprint density at radius 1 is 1.44 bits per heavy atom. The summed E-state index contributed by atoms with van der Waals surface area (Å²) in [5, 5.41) is 13.0. The number of nitrogens with one attached hydrogen (secondary N) is 1. The molecule has 2 aromatic rings. The fourth-order valence-corrected chi connectivity index (χ4v) is 1.94. The summed E-state index contributed by atoms with van der Waals surface area (Å²) >= 11 is 3.44. The van der Waals surface area contributed by atoms with Crippen molar-refractivity contribution in [1.82, 2.24) is 0 Å². The molecule has 0 fully saturated rings. The van der Waals surface area contributed by atoms with Crippen LogP contribution in [0.1, 0.15) is 11.9 Å². The lowest BCUT2D eigenvalue weighted by Crippen LogP contribution is -2.11. The number of aliphatic hydroxyl groups is 1. The zero-order valence-electron chi connectivity index (χ0n) is 9.89. The Morgan fingerprint density at radius 3 is 2.94 bits per heavy atom. The minimum absolute atomic E-state index is 0.360. The number of ether oxygens (including phenoxy) is 1. The van der Waals surface area contributed by atoms with E-state index in [1.54, 1.807) is 25.5 Å². The minimum Gasteiger partial charge on any atom is -0.497 e. The number of aliphatic hydroxyl groups excluding tert-OH is 1. The molecule has 1 aromatic heterocycles. The van der Waals surface area contributed by atoms with Gasteiger partial charge in [0.25, 0.3) is 0 Å². The van der Waals surface area contributed by atoms with Gasteiger partial charge in [-0.3, -0.25) is 0 Å². The number of furan rings is 1. The van der Waals surface area contributed by atoms with Crippen molar-refractivity contribution in [2.45, 2.75) is 6.10 Å². The van der Waals surface area contributed by atoms with E-state index in [0.717, 1.165) is 15.9 Å². The lowest BCUT2D eigenvalue weighted by molar-refractivity contribution is 0.162. The number of hydrogen-bond donors (Lipinski definition) is 2. The van der Waals surface area contributed by atoms with E-state index in [2.05, 4.69) is 21.2 Å². The minimum atomic E-state index is -0.682. The second kappa shape index (κ2) is 5.93. The molecule has 0 aliphatic heterocycles. The SMILES string of the molecule is COc1ccc(Br)c(NCC(O)c2ccco2)c1. The van der Waals surface area contributed by atoms with Gasteiger partial charge in [0.2, 0.25) is 0 Å².